The second-order valence-electron chi connectivity index (χ2n) is 4.40. The molecule has 100 valence electrons. The summed E-state index contributed by atoms with van der Waals surface area (Å²) in [6.45, 7) is 3.13. The van der Waals surface area contributed by atoms with Gasteiger partial charge in [0.25, 0.3) is 0 Å². The van der Waals surface area contributed by atoms with E-state index in [-0.39, 0.29) is 6.10 Å². The fourth-order valence-corrected chi connectivity index (χ4v) is 2.63. The molecule has 5 heteroatoms. The Morgan fingerprint density at radius 3 is 2.72 bits per heavy atom. The van der Waals surface area contributed by atoms with Gasteiger partial charge in [-0.05, 0) is 24.5 Å². The molecule has 2 nitrogen and oxygen atoms in total. The molecule has 18 heavy (non-hydrogen) atoms. The molecule has 0 radical (unpaired) electrons. The van der Waals surface area contributed by atoms with Crippen LogP contribution < -0.4 is 0 Å². The van der Waals surface area contributed by atoms with Crippen molar-refractivity contribution < 1.29 is 9.47 Å². The molecule has 1 aromatic carbocycles. The SMILES string of the molecule is Cc1ccccc1COC1CCOC1C(Cl)(Cl)Cl. The van der Waals surface area contributed by atoms with Crippen LogP contribution in [0, 0.1) is 6.92 Å². The van der Waals surface area contributed by atoms with E-state index in [1.807, 2.05) is 18.2 Å². The van der Waals surface area contributed by atoms with Gasteiger partial charge in [-0.25, -0.2) is 0 Å². The molecule has 0 spiro atoms. The molecule has 2 rings (SSSR count). The Bertz CT molecular complexity index is 403. The van der Waals surface area contributed by atoms with Gasteiger partial charge in [0.15, 0.2) is 0 Å². The van der Waals surface area contributed by atoms with Crippen LogP contribution in [0.4, 0.5) is 0 Å². The van der Waals surface area contributed by atoms with Crippen molar-refractivity contribution >= 4 is 34.8 Å². The molecule has 2 unspecified atom stereocenters. The third-order valence-corrected chi connectivity index (χ3v) is 3.72. The lowest BCUT2D eigenvalue weighted by atomic mass is 10.1. The smallest absolute Gasteiger partial charge is 0.218 e. The number of rotatable bonds is 3. The number of hydrogen-bond acceptors (Lipinski definition) is 2. The lowest BCUT2D eigenvalue weighted by Crippen LogP contribution is -2.36. The fraction of sp³-hybridized carbons (Fsp3) is 0.538. The van der Waals surface area contributed by atoms with Crippen molar-refractivity contribution in [3.05, 3.63) is 35.4 Å². The van der Waals surface area contributed by atoms with Crippen LogP contribution in [0.25, 0.3) is 0 Å². The Labute approximate surface area is 122 Å². The topological polar surface area (TPSA) is 18.5 Å². The summed E-state index contributed by atoms with van der Waals surface area (Å²) >= 11 is 17.6. The molecule has 0 amide bonds. The Kier molecular flexibility index (Phi) is 4.79. The molecule has 1 fully saturated rings. The summed E-state index contributed by atoms with van der Waals surface area (Å²) in [6, 6.07) is 8.08. The minimum Gasteiger partial charge on any atom is -0.371 e. The van der Waals surface area contributed by atoms with Crippen molar-refractivity contribution in [1.29, 1.82) is 0 Å². The van der Waals surface area contributed by atoms with Gasteiger partial charge in [-0.2, -0.15) is 0 Å². The molecular formula is C13H15Cl3O2. The first-order valence-electron chi connectivity index (χ1n) is 5.83. The number of aryl methyl sites for hydroxylation is 1. The van der Waals surface area contributed by atoms with Gasteiger partial charge in [0.2, 0.25) is 3.79 Å². The van der Waals surface area contributed by atoms with Gasteiger partial charge in [-0.1, -0.05) is 59.1 Å². The van der Waals surface area contributed by atoms with Gasteiger partial charge in [-0.3, -0.25) is 0 Å². The second-order valence-corrected chi connectivity index (χ2v) is 6.77. The summed E-state index contributed by atoms with van der Waals surface area (Å²) in [5.41, 5.74) is 2.34. The molecule has 0 aliphatic carbocycles. The van der Waals surface area contributed by atoms with Crippen LogP contribution in [0.5, 0.6) is 0 Å². The molecule has 1 heterocycles. The molecule has 1 aromatic rings. The maximum Gasteiger partial charge on any atom is 0.218 e. The summed E-state index contributed by atoms with van der Waals surface area (Å²) in [5.74, 6) is 0. The molecule has 1 saturated heterocycles. The van der Waals surface area contributed by atoms with E-state index in [0.717, 1.165) is 12.0 Å². The first-order valence-corrected chi connectivity index (χ1v) is 6.96. The summed E-state index contributed by atoms with van der Waals surface area (Å²) in [4.78, 5) is 0. The average Bonchev–Trinajstić information content (AvgIpc) is 2.76. The highest BCUT2D eigenvalue weighted by Gasteiger charge is 2.43. The Hall–Kier alpha value is 0.01000. The highest BCUT2D eigenvalue weighted by Crippen LogP contribution is 2.38. The monoisotopic (exact) mass is 308 g/mol. The van der Waals surface area contributed by atoms with Crippen molar-refractivity contribution in [2.24, 2.45) is 0 Å². The molecule has 1 aliphatic heterocycles. The maximum absolute atomic E-state index is 5.87. The number of alkyl halides is 3. The van der Waals surface area contributed by atoms with Crippen molar-refractivity contribution in [1.82, 2.24) is 0 Å². The Morgan fingerprint density at radius 2 is 2.06 bits per heavy atom. The predicted molar refractivity (Wildman–Crippen MR) is 74.4 cm³/mol. The van der Waals surface area contributed by atoms with Crippen LogP contribution in [0.3, 0.4) is 0 Å². The zero-order valence-corrected chi connectivity index (χ0v) is 12.3. The number of hydrogen-bond donors (Lipinski definition) is 0. The van der Waals surface area contributed by atoms with Crippen LogP contribution in [0.15, 0.2) is 24.3 Å². The van der Waals surface area contributed by atoms with Crippen LogP contribution in [0.1, 0.15) is 17.5 Å². The summed E-state index contributed by atoms with van der Waals surface area (Å²) in [7, 11) is 0. The normalized spacial score (nSPS) is 24.4. The minimum absolute atomic E-state index is 0.169. The van der Waals surface area contributed by atoms with Crippen LogP contribution in [0.2, 0.25) is 0 Å². The van der Waals surface area contributed by atoms with Gasteiger partial charge in [-0.15, -0.1) is 0 Å². The predicted octanol–water partition coefficient (Wildman–Crippen LogP) is 4.04. The van der Waals surface area contributed by atoms with E-state index in [9.17, 15) is 0 Å². The molecule has 1 aliphatic rings. The number of ether oxygens (including phenoxy) is 2. The minimum atomic E-state index is -1.44. The molecule has 0 aromatic heterocycles. The van der Waals surface area contributed by atoms with Crippen molar-refractivity contribution in [2.75, 3.05) is 6.61 Å². The summed E-state index contributed by atoms with van der Waals surface area (Å²) < 4.78 is 9.82. The van der Waals surface area contributed by atoms with Gasteiger partial charge >= 0.3 is 0 Å². The van der Waals surface area contributed by atoms with E-state index in [4.69, 9.17) is 44.3 Å². The van der Waals surface area contributed by atoms with Gasteiger partial charge in [0.05, 0.1) is 12.7 Å². The van der Waals surface area contributed by atoms with E-state index < -0.39 is 9.90 Å². The zero-order chi connectivity index (χ0) is 13.2. The van der Waals surface area contributed by atoms with Gasteiger partial charge in [0.1, 0.15) is 6.10 Å². The largest absolute Gasteiger partial charge is 0.371 e. The zero-order valence-electron chi connectivity index (χ0n) is 10.0. The van der Waals surface area contributed by atoms with E-state index in [0.29, 0.717) is 13.2 Å². The standard InChI is InChI=1S/C13H15Cl3O2/c1-9-4-2-3-5-10(9)8-18-11-6-7-17-12(11)13(14,15)16/h2-5,11-12H,6-8H2,1H3. The quantitative estimate of drug-likeness (QED) is 0.785. The van der Waals surface area contributed by atoms with E-state index in [1.165, 1.54) is 5.56 Å². The highest BCUT2D eigenvalue weighted by atomic mass is 35.6. The molecule has 0 saturated carbocycles. The number of benzene rings is 1. The van der Waals surface area contributed by atoms with Crippen LogP contribution in [-0.4, -0.2) is 22.6 Å². The van der Waals surface area contributed by atoms with Gasteiger partial charge in [0, 0.05) is 6.61 Å². The summed E-state index contributed by atoms with van der Waals surface area (Å²) in [6.07, 6.45) is 0.0911. The van der Waals surface area contributed by atoms with E-state index in [1.54, 1.807) is 0 Å². The molecule has 0 N–H and O–H groups in total. The lowest BCUT2D eigenvalue weighted by molar-refractivity contribution is -0.0153. The molecule has 2 atom stereocenters. The average molecular weight is 310 g/mol. The fourth-order valence-electron chi connectivity index (χ4n) is 2.01. The van der Waals surface area contributed by atoms with Gasteiger partial charge < -0.3 is 9.47 Å². The Morgan fingerprint density at radius 1 is 1.33 bits per heavy atom. The highest BCUT2D eigenvalue weighted by molar-refractivity contribution is 6.68. The first kappa shape index (κ1) is 14.4. The number of halogens is 3. The maximum atomic E-state index is 5.87. The Balaban J connectivity index is 1.96. The second kappa shape index (κ2) is 5.98. The van der Waals surface area contributed by atoms with E-state index in [2.05, 4.69) is 13.0 Å². The molecular weight excluding hydrogens is 294 g/mol. The van der Waals surface area contributed by atoms with Crippen molar-refractivity contribution in [2.45, 2.75) is 36.0 Å². The van der Waals surface area contributed by atoms with Crippen molar-refractivity contribution in [3.8, 4) is 0 Å². The summed E-state index contributed by atoms with van der Waals surface area (Å²) in [5, 5.41) is 0. The third kappa shape index (κ3) is 3.52. The van der Waals surface area contributed by atoms with E-state index >= 15 is 0 Å². The van der Waals surface area contributed by atoms with Crippen LogP contribution in [-0.2, 0) is 16.1 Å². The lowest BCUT2D eigenvalue weighted by Gasteiger charge is -2.25. The van der Waals surface area contributed by atoms with Crippen LogP contribution >= 0.6 is 34.8 Å². The third-order valence-electron chi connectivity index (χ3n) is 3.07. The van der Waals surface area contributed by atoms with Crippen molar-refractivity contribution in [3.63, 3.8) is 0 Å². The first-order chi connectivity index (χ1) is 8.48. The molecule has 0 bridgehead atoms.